The second-order valence-electron chi connectivity index (χ2n) is 2.53. The average Bonchev–Trinajstić information content (AvgIpc) is 2.47. The van der Waals surface area contributed by atoms with Crippen LogP contribution in [0.3, 0.4) is 0 Å². The van der Waals surface area contributed by atoms with Gasteiger partial charge in [-0.05, 0) is 0 Å². The highest BCUT2D eigenvalue weighted by atomic mass is 32.1. The summed E-state index contributed by atoms with van der Waals surface area (Å²) in [6, 6.07) is 0. The van der Waals surface area contributed by atoms with E-state index in [1.807, 2.05) is 0 Å². The van der Waals surface area contributed by atoms with Gasteiger partial charge in [0.2, 0.25) is 5.91 Å². The lowest BCUT2D eigenvalue weighted by Gasteiger charge is -1.94. The number of carbonyl (C=O) groups excluding carboxylic acids is 1. The van der Waals surface area contributed by atoms with Crippen LogP contribution < -0.4 is 11.1 Å². The molecule has 0 unspecified atom stereocenters. The maximum absolute atomic E-state index is 10.5. The summed E-state index contributed by atoms with van der Waals surface area (Å²) in [5, 5.41) is 12.8. The third-order valence-corrected chi connectivity index (χ3v) is 2.24. The Hall–Kier alpha value is -1.63. The van der Waals surface area contributed by atoms with Crippen LogP contribution in [0, 0.1) is 0 Å². The van der Waals surface area contributed by atoms with E-state index in [1.165, 1.54) is 11.3 Å². The molecule has 0 atom stereocenters. The molecule has 4 N–H and O–H groups in total. The molecule has 1 rings (SSSR count). The van der Waals surface area contributed by atoms with E-state index < -0.39 is 12.0 Å². The summed E-state index contributed by atoms with van der Waals surface area (Å²) >= 11 is 1.29. The zero-order valence-electron chi connectivity index (χ0n) is 7.19. The zero-order valence-corrected chi connectivity index (χ0v) is 8.00. The number of nitrogens with two attached hydrogens (primary N) is 1. The number of hydrogen-bond acceptors (Lipinski definition) is 4. The third kappa shape index (κ3) is 3.40. The summed E-state index contributed by atoms with van der Waals surface area (Å²) in [6.07, 6.45) is -1.01. The van der Waals surface area contributed by atoms with Gasteiger partial charge >= 0.3 is 6.09 Å². The first-order valence-corrected chi connectivity index (χ1v) is 4.64. The fourth-order valence-electron chi connectivity index (χ4n) is 0.841. The highest BCUT2D eigenvalue weighted by Crippen LogP contribution is 2.09. The van der Waals surface area contributed by atoms with Gasteiger partial charge in [0.05, 0.1) is 18.7 Å². The van der Waals surface area contributed by atoms with Gasteiger partial charge in [0.25, 0.3) is 0 Å². The van der Waals surface area contributed by atoms with Crippen LogP contribution in [0.1, 0.15) is 10.7 Å². The van der Waals surface area contributed by atoms with E-state index >= 15 is 0 Å². The van der Waals surface area contributed by atoms with Gasteiger partial charge in [0.15, 0.2) is 0 Å². The van der Waals surface area contributed by atoms with Crippen molar-refractivity contribution in [3.8, 4) is 0 Å². The Kier molecular flexibility index (Phi) is 3.41. The first-order chi connectivity index (χ1) is 6.58. The molecule has 6 nitrogen and oxygen atoms in total. The Balaban J connectivity index is 2.50. The minimum absolute atomic E-state index is 0.0869. The minimum Gasteiger partial charge on any atom is -0.465 e. The van der Waals surface area contributed by atoms with Crippen LogP contribution >= 0.6 is 11.3 Å². The Labute approximate surface area is 83.8 Å². The quantitative estimate of drug-likeness (QED) is 0.654. The van der Waals surface area contributed by atoms with Crippen LogP contribution in [0.25, 0.3) is 0 Å². The number of carboxylic acid groups (broad SMARTS) is 1. The monoisotopic (exact) mass is 215 g/mol. The summed E-state index contributed by atoms with van der Waals surface area (Å²) in [7, 11) is 0. The first-order valence-electron chi connectivity index (χ1n) is 3.76. The molecule has 1 aromatic heterocycles. The van der Waals surface area contributed by atoms with Crippen LogP contribution in [0.2, 0.25) is 0 Å². The standard InChI is InChI=1S/C7H9N3O3S/c8-5(11)1-4-3-14-6(10-4)2-9-7(12)13/h3,9H,1-2H2,(H2,8,11)(H,12,13). The average molecular weight is 215 g/mol. The molecule has 0 bridgehead atoms. The first kappa shape index (κ1) is 10.5. The molecule has 1 heterocycles. The molecule has 0 aliphatic carbocycles. The predicted molar refractivity (Wildman–Crippen MR) is 49.9 cm³/mol. The van der Waals surface area contributed by atoms with E-state index in [2.05, 4.69) is 10.3 Å². The summed E-state index contributed by atoms with van der Waals surface area (Å²) in [6.45, 7) is 0.152. The fourth-order valence-corrected chi connectivity index (χ4v) is 1.57. The van der Waals surface area contributed by atoms with E-state index in [0.29, 0.717) is 10.7 Å². The fraction of sp³-hybridized carbons (Fsp3) is 0.286. The molecule has 0 aromatic carbocycles. The van der Waals surface area contributed by atoms with E-state index in [9.17, 15) is 9.59 Å². The number of thiazole rings is 1. The molecule has 0 aliphatic heterocycles. The highest BCUT2D eigenvalue weighted by molar-refractivity contribution is 7.09. The molecule has 0 spiro atoms. The van der Waals surface area contributed by atoms with Gasteiger partial charge in [0, 0.05) is 5.38 Å². The van der Waals surface area contributed by atoms with Crippen LogP contribution in [0.4, 0.5) is 4.79 Å². The molecule has 0 aliphatic rings. The lowest BCUT2D eigenvalue weighted by atomic mass is 10.3. The predicted octanol–water partition coefficient (Wildman–Crippen LogP) is -0.0615. The van der Waals surface area contributed by atoms with Gasteiger partial charge in [0.1, 0.15) is 5.01 Å². The zero-order chi connectivity index (χ0) is 10.6. The molecule has 0 fully saturated rings. The van der Waals surface area contributed by atoms with Gasteiger partial charge in [-0.25, -0.2) is 9.78 Å². The number of carbonyl (C=O) groups is 2. The van der Waals surface area contributed by atoms with Crippen LogP contribution in [0.5, 0.6) is 0 Å². The van der Waals surface area contributed by atoms with Crippen molar-refractivity contribution in [2.45, 2.75) is 13.0 Å². The van der Waals surface area contributed by atoms with E-state index in [0.717, 1.165) is 0 Å². The van der Waals surface area contributed by atoms with Gasteiger partial charge in [-0.1, -0.05) is 0 Å². The van der Waals surface area contributed by atoms with Crippen molar-refractivity contribution in [1.82, 2.24) is 10.3 Å². The van der Waals surface area contributed by atoms with E-state index in [4.69, 9.17) is 10.8 Å². The molecule has 7 heteroatoms. The summed E-state index contributed by atoms with van der Waals surface area (Å²) in [5.74, 6) is -0.451. The summed E-state index contributed by atoms with van der Waals surface area (Å²) < 4.78 is 0. The molecule has 0 radical (unpaired) electrons. The topological polar surface area (TPSA) is 105 Å². The molecule has 1 aromatic rings. The Morgan fingerprint density at radius 1 is 1.64 bits per heavy atom. The number of primary amides is 1. The summed E-state index contributed by atoms with van der Waals surface area (Å²) in [4.78, 5) is 24.7. The molecule has 0 saturated carbocycles. The maximum Gasteiger partial charge on any atom is 0.405 e. The number of nitrogens with one attached hydrogen (secondary N) is 1. The smallest absolute Gasteiger partial charge is 0.405 e. The number of rotatable bonds is 4. The van der Waals surface area contributed by atoms with Crippen LogP contribution in [-0.4, -0.2) is 22.1 Å². The van der Waals surface area contributed by atoms with E-state index in [1.54, 1.807) is 5.38 Å². The molecule has 76 valence electrons. The number of nitrogens with zero attached hydrogens (tertiary/aromatic N) is 1. The Morgan fingerprint density at radius 3 is 2.93 bits per heavy atom. The van der Waals surface area contributed by atoms with Gasteiger partial charge in [-0.2, -0.15) is 0 Å². The third-order valence-electron chi connectivity index (χ3n) is 1.35. The van der Waals surface area contributed by atoms with Gasteiger partial charge in [-0.3, -0.25) is 4.79 Å². The second-order valence-corrected chi connectivity index (χ2v) is 3.48. The molecule has 2 amide bonds. The van der Waals surface area contributed by atoms with Crippen LogP contribution in [-0.2, 0) is 17.8 Å². The lowest BCUT2D eigenvalue weighted by molar-refractivity contribution is -0.117. The van der Waals surface area contributed by atoms with Crippen molar-refractivity contribution >= 4 is 23.3 Å². The molecule has 14 heavy (non-hydrogen) atoms. The lowest BCUT2D eigenvalue weighted by Crippen LogP contribution is -2.20. The Bertz CT molecular complexity index is 350. The summed E-state index contributed by atoms with van der Waals surface area (Å²) in [5.41, 5.74) is 5.55. The molecular weight excluding hydrogens is 206 g/mol. The van der Waals surface area contributed by atoms with Crippen molar-refractivity contribution in [3.05, 3.63) is 16.1 Å². The largest absolute Gasteiger partial charge is 0.465 e. The van der Waals surface area contributed by atoms with Gasteiger partial charge in [-0.15, -0.1) is 11.3 Å². The maximum atomic E-state index is 10.5. The normalized spacial score (nSPS) is 9.71. The number of amides is 2. The van der Waals surface area contributed by atoms with Crippen molar-refractivity contribution in [2.24, 2.45) is 5.73 Å². The van der Waals surface area contributed by atoms with Crippen molar-refractivity contribution in [2.75, 3.05) is 0 Å². The number of aromatic nitrogens is 1. The molecule has 0 saturated heterocycles. The number of hydrogen-bond donors (Lipinski definition) is 3. The SMILES string of the molecule is NC(=O)Cc1csc(CNC(=O)O)n1. The van der Waals surface area contributed by atoms with Gasteiger partial charge < -0.3 is 16.2 Å². The molecular formula is C7H9N3O3S. The van der Waals surface area contributed by atoms with E-state index in [-0.39, 0.29) is 13.0 Å². The minimum atomic E-state index is -1.10. The van der Waals surface area contributed by atoms with Crippen molar-refractivity contribution in [1.29, 1.82) is 0 Å². The Morgan fingerprint density at radius 2 is 2.36 bits per heavy atom. The van der Waals surface area contributed by atoms with Crippen molar-refractivity contribution in [3.63, 3.8) is 0 Å². The van der Waals surface area contributed by atoms with Crippen molar-refractivity contribution < 1.29 is 14.7 Å². The van der Waals surface area contributed by atoms with Crippen LogP contribution in [0.15, 0.2) is 5.38 Å². The highest BCUT2D eigenvalue weighted by Gasteiger charge is 2.05. The second kappa shape index (κ2) is 4.56.